The minimum atomic E-state index is -4.50. The summed E-state index contributed by atoms with van der Waals surface area (Å²) in [5.74, 6) is -0.501. The van der Waals surface area contributed by atoms with E-state index in [0.717, 1.165) is 29.3 Å². The predicted molar refractivity (Wildman–Crippen MR) is 80.3 cm³/mol. The number of carbonyl (C=O) groups is 1. The highest BCUT2D eigenvalue weighted by molar-refractivity contribution is 6.34. The monoisotopic (exact) mass is 327 g/mol. The molecule has 0 aliphatic rings. The van der Waals surface area contributed by atoms with Gasteiger partial charge in [-0.05, 0) is 43.7 Å². The smallest absolute Gasteiger partial charge is 0.321 e. The summed E-state index contributed by atoms with van der Waals surface area (Å²) in [5, 5.41) is 2.48. The summed E-state index contributed by atoms with van der Waals surface area (Å²) in [4.78, 5) is 12.2. The highest BCUT2D eigenvalue weighted by atomic mass is 35.5. The number of aryl methyl sites for hydroxylation is 2. The summed E-state index contributed by atoms with van der Waals surface area (Å²) in [6.45, 7) is 3.65. The first-order valence-electron chi connectivity index (χ1n) is 6.44. The summed E-state index contributed by atoms with van der Waals surface area (Å²) in [6, 6.07) is 8.01. The van der Waals surface area contributed by atoms with E-state index in [-0.39, 0.29) is 10.7 Å². The molecule has 0 aliphatic heterocycles. The predicted octanol–water partition coefficient (Wildman–Crippen LogP) is 5.23. The molecule has 2 rings (SSSR count). The first-order valence-corrected chi connectivity index (χ1v) is 6.81. The van der Waals surface area contributed by atoms with Crippen molar-refractivity contribution in [3.63, 3.8) is 0 Å². The van der Waals surface area contributed by atoms with Crippen LogP contribution in [0.3, 0.4) is 0 Å². The van der Waals surface area contributed by atoms with Crippen molar-refractivity contribution in [1.29, 1.82) is 0 Å². The Hall–Kier alpha value is -2.01. The number of halogens is 4. The van der Waals surface area contributed by atoms with Crippen molar-refractivity contribution in [2.24, 2.45) is 0 Å². The van der Waals surface area contributed by atoms with Gasteiger partial charge in [0, 0.05) is 5.56 Å². The molecule has 22 heavy (non-hydrogen) atoms. The van der Waals surface area contributed by atoms with Crippen molar-refractivity contribution in [2.45, 2.75) is 20.0 Å². The second kappa shape index (κ2) is 6.01. The summed E-state index contributed by atoms with van der Waals surface area (Å²) in [6.07, 6.45) is -4.50. The molecular formula is C16H13ClF3NO. The topological polar surface area (TPSA) is 29.1 Å². The Balaban J connectivity index is 2.32. The van der Waals surface area contributed by atoms with Crippen LogP contribution in [-0.4, -0.2) is 5.91 Å². The van der Waals surface area contributed by atoms with E-state index in [0.29, 0.717) is 5.56 Å². The van der Waals surface area contributed by atoms with Crippen molar-refractivity contribution in [3.05, 3.63) is 63.7 Å². The third kappa shape index (κ3) is 3.60. The lowest BCUT2D eigenvalue weighted by atomic mass is 10.0. The highest BCUT2D eigenvalue weighted by Gasteiger charge is 2.31. The molecular weight excluding hydrogens is 315 g/mol. The van der Waals surface area contributed by atoms with E-state index in [9.17, 15) is 18.0 Å². The van der Waals surface area contributed by atoms with Gasteiger partial charge in [-0.3, -0.25) is 4.79 Å². The average Bonchev–Trinajstić information content (AvgIpc) is 2.39. The molecule has 0 saturated carbocycles. The summed E-state index contributed by atoms with van der Waals surface area (Å²) >= 11 is 5.86. The largest absolute Gasteiger partial charge is 0.416 e. The normalized spacial score (nSPS) is 11.4. The highest BCUT2D eigenvalue weighted by Crippen LogP contribution is 2.34. The fourth-order valence-electron chi connectivity index (χ4n) is 2.06. The van der Waals surface area contributed by atoms with Crippen LogP contribution in [0.25, 0.3) is 0 Å². The number of amides is 1. The molecule has 0 spiro atoms. The van der Waals surface area contributed by atoms with Gasteiger partial charge in [-0.15, -0.1) is 0 Å². The molecule has 0 heterocycles. The number of anilines is 1. The Morgan fingerprint density at radius 3 is 2.36 bits per heavy atom. The van der Waals surface area contributed by atoms with Crippen LogP contribution in [0, 0.1) is 13.8 Å². The zero-order valence-electron chi connectivity index (χ0n) is 11.9. The molecule has 2 aromatic carbocycles. The van der Waals surface area contributed by atoms with Crippen molar-refractivity contribution in [1.82, 2.24) is 0 Å². The van der Waals surface area contributed by atoms with Gasteiger partial charge in [0.15, 0.2) is 0 Å². The van der Waals surface area contributed by atoms with E-state index in [1.54, 1.807) is 19.1 Å². The van der Waals surface area contributed by atoms with E-state index in [4.69, 9.17) is 11.6 Å². The van der Waals surface area contributed by atoms with Crippen LogP contribution in [0.2, 0.25) is 5.02 Å². The zero-order valence-corrected chi connectivity index (χ0v) is 12.6. The zero-order chi connectivity index (χ0) is 16.5. The number of benzene rings is 2. The van der Waals surface area contributed by atoms with E-state index < -0.39 is 17.6 Å². The molecule has 2 nitrogen and oxygen atoms in total. The molecule has 116 valence electrons. The van der Waals surface area contributed by atoms with Crippen molar-refractivity contribution in [3.8, 4) is 0 Å². The fourth-order valence-corrected chi connectivity index (χ4v) is 2.22. The van der Waals surface area contributed by atoms with Gasteiger partial charge in [-0.1, -0.05) is 29.3 Å². The summed E-state index contributed by atoms with van der Waals surface area (Å²) < 4.78 is 38.1. The molecule has 0 aromatic heterocycles. The van der Waals surface area contributed by atoms with Crippen molar-refractivity contribution < 1.29 is 18.0 Å². The Kier molecular flexibility index (Phi) is 4.47. The lowest BCUT2D eigenvalue weighted by molar-refractivity contribution is -0.137. The maximum Gasteiger partial charge on any atom is 0.416 e. The van der Waals surface area contributed by atoms with Crippen molar-refractivity contribution >= 4 is 23.2 Å². The van der Waals surface area contributed by atoms with Crippen LogP contribution in [-0.2, 0) is 6.18 Å². The average molecular weight is 328 g/mol. The van der Waals surface area contributed by atoms with Crippen LogP contribution in [0.15, 0.2) is 36.4 Å². The van der Waals surface area contributed by atoms with E-state index >= 15 is 0 Å². The molecule has 0 atom stereocenters. The number of carbonyl (C=O) groups excluding carboxylic acids is 1. The Morgan fingerprint density at radius 2 is 1.77 bits per heavy atom. The first-order chi connectivity index (χ1) is 10.2. The van der Waals surface area contributed by atoms with Gasteiger partial charge < -0.3 is 5.32 Å². The van der Waals surface area contributed by atoms with Crippen LogP contribution in [0.1, 0.15) is 27.0 Å². The third-order valence-electron chi connectivity index (χ3n) is 3.17. The molecule has 0 radical (unpaired) electrons. The molecule has 6 heteroatoms. The van der Waals surface area contributed by atoms with Gasteiger partial charge in [0.25, 0.3) is 5.91 Å². The number of hydrogen-bond donors (Lipinski definition) is 1. The molecule has 2 aromatic rings. The number of alkyl halides is 3. The quantitative estimate of drug-likeness (QED) is 0.804. The SMILES string of the molecule is Cc1ccc(C(=O)Nc2cc(C(F)(F)F)ccc2Cl)c(C)c1. The molecule has 0 aliphatic carbocycles. The van der Waals surface area contributed by atoms with Gasteiger partial charge in [-0.25, -0.2) is 0 Å². The molecule has 0 unspecified atom stereocenters. The molecule has 1 amide bonds. The summed E-state index contributed by atoms with van der Waals surface area (Å²) in [5.41, 5.74) is 1.18. The standard InChI is InChI=1S/C16H13ClF3NO/c1-9-3-5-12(10(2)7-9)15(22)21-14-8-11(16(18,19)20)4-6-13(14)17/h3-8H,1-2H3,(H,21,22). The molecule has 0 bridgehead atoms. The first kappa shape index (κ1) is 16.4. The minimum Gasteiger partial charge on any atom is -0.321 e. The minimum absolute atomic E-state index is 0.0473. The van der Waals surface area contributed by atoms with Gasteiger partial charge >= 0.3 is 6.18 Å². The Labute approximate surface area is 130 Å². The van der Waals surface area contributed by atoms with Crippen LogP contribution >= 0.6 is 11.6 Å². The lowest BCUT2D eigenvalue weighted by Crippen LogP contribution is -2.15. The second-order valence-corrected chi connectivity index (χ2v) is 5.37. The van der Waals surface area contributed by atoms with Crippen LogP contribution < -0.4 is 5.32 Å². The van der Waals surface area contributed by atoms with Gasteiger partial charge in [-0.2, -0.15) is 13.2 Å². The van der Waals surface area contributed by atoms with Gasteiger partial charge in [0.1, 0.15) is 0 Å². The second-order valence-electron chi connectivity index (χ2n) is 4.96. The van der Waals surface area contributed by atoms with Crippen LogP contribution in [0.4, 0.5) is 18.9 Å². The fraction of sp³-hybridized carbons (Fsp3) is 0.188. The maximum atomic E-state index is 12.7. The van der Waals surface area contributed by atoms with Gasteiger partial charge in [0.05, 0.1) is 16.3 Å². The number of hydrogen-bond acceptors (Lipinski definition) is 1. The van der Waals surface area contributed by atoms with Crippen LogP contribution in [0.5, 0.6) is 0 Å². The molecule has 1 N–H and O–H groups in total. The third-order valence-corrected chi connectivity index (χ3v) is 3.50. The van der Waals surface area contributed by atoms with E-state index in [1.165, 1.54) is 0 Å². The lowest BCUT2D eigenvalue weighted by Gasteiger charge is -2.12. The molecule has 0 saturated heterocycles. The Bertz CT molecular complexity index is 726. The number of nitrogens with one attached hydrogen (secondary N) is 1. The Morgan fingerprint density at radius 1 is 1.09 bits per heavy atom. The number of rotatable bonds is 2. The van der Waals surface area contributed by atoms with Crippen molar-refractivity contribution in [2.75, 3.05) is 5.32 Å². The maximum absolute atomic E-state index is 12.7. The molecule has 0 fully saturated rings. The van der Waals surface area contributed by atoms with E-state index in [2.05, 4.69) is 5.32 Å². The van der Waals surface area contributed by atoms with E-state index in [1.807, 2.05) is 13.0 Å². The summed E-state index contributed by atoms with van der Waals surface area (Å²) in [7, 11) is 0. The van der Waals surface area contributed by atoms with Gasteiger partial charge in [0.2, 0.25) is 0 Å².